The van der Waals surface area contributed by atoms with E-state index in [2.05, 4.69) is 23.6 Å². The summed E-state index contributed by atoms with van der Waals surface area (Å²) < 4.78 is 26.7. The lowest BCUT2D eigenvalue weighted by Crippen LogP contribution is -2.48. The van der Waals surface area contributed by atoms with Crippen molar-refractivity contribution in [1.29, 1.82) is 0 Å². The molecule has 1 fully saturated rings. The van der Waals surface area contributed by atoms with Crippen molar-refractivity contribution in [2.45, 2.75) is 32.7 Å². The second-order valence-electron chi connectivity index (χ2n) is 5.56. The van der Waals surface area contributed by atoms with E-state index < -0.39 is 5.92 Å². The third kappa shape index (κ3) is 3.44. The predicted molar refractivity (Wildman–Crippen MR) is 74.9 cm³/mol. The SMILES string of the molecule is CC(C)N1CCN(c2cccc(C(C)(F)F)c2)CC1. The van der Waals surface area contributed by atoms with Crippen LogP contribution in [0.2, 0.25) is 0 Å². The molecule has 1 aromatic carbocycles. The zero-order chi connectivity index (χ0) is 14.0. The van der Waals surface area contributed by atoms with Crippen LogP contribution in [0.25, 0.3) is 0 Å². The van der Waals surface area contributed by atoms with Gasteiger partial charge in [-0.2, -0.15) is 0 Å². The number of alkyl halides is 2. The van der Waals surface area contributed by atoms with Gasteiger partial charge in [0.25, 0.3) is 5.92 Å². The lowest BCUT2D eigenvalue weighted by atomic mass is 10.1. The number of rotatable bonds is 3. The van der Waals surface area contributed by atoms with Crippen LogP contribution in [0.4, 0.5) is 14.5 Å². The Kier molecular flexibility index (Phi) is 4.09. The largest absolute Gasteiger partial charge is 0.369 e. The molecule has 1 aliphatic heterocycles. The van der Waals surface area contributed by atoms with Gasteiger partial charge in [0.2, 0.25) is 0 Å². The Hall–Kier alpha value is -1.16. The Bertz CT molecular complexity index is 418. The predicted octanol–water partition coefficient (Wildman–Crippen LogP) is 3.33. The summed E-state index contributed by atoms with van der Waals surface area (Å²) in [6.45, 7) is 9.10. The van der Waals surface area contributed by atoms with Crippen LogP contribution in [0.3, 0.4) is 0 Å². The van der Waals surface area contributed by atoms with Crippen molar-refractivity contribution in [3.8, 4) is 0 Å². The second-order valence-corrected chi connectivity index (χ2v) is 5.56. The molecule has 0 saturated carbocycles. The molecular weight excluding hydrogens is 246 g/mol. The molecule has 0 spiro atoms. The van der Waals surface area contributed by atoms with Crippen LogP contribution in [0.5, 0.6) is 0 Å². The molecule has 1 saturated heterocycles. The van der Waals surface area contributed by atoms with Gasteiger partial charge in [-0.05, 0) is 26.0 Å². The molecule has 106 valence electrons. The maximum atomic E-state index is 13.3. The summed E-state index contributed by atoms with van der Waals surface area (Å²) in [4.78, 5) is 4.60. The molecule has 0 atom stereocenters. The van der Waals surface area contributed by atoms with E-state index in [1.165, 1.54) is 6.07 Å². The summed E-state index contributed by atoms with van der Waals surface area (Å²) in [6.07, 6.45) is 0. The molecule has 1 aliphatic rings. The Morgan fingerprint density at radius 2 is 1.74 bits per heavy atom. The van der Waals surface area contributed by atoms with Gasteiger partial charge in [0, 0.05) is 50.4 Å². The summed E-state index contributed by atoms with van der Waals surface area (Å²) in [5.74, 6) is -2.77. The fourth-order valence-electron chi connectivity index (χ4n) is 2.47. The lowest BCUT2D eigenvalue weighted by Gasteiger charge is -2.38. The van der Waals surface area contributed by atoms with Crippen molar-refractivity contribution >= 4 is 5.69 Å². The Morgan fingerprint density at radius 1 is 1.11 bits per heavy atom. The first kappa shape index (κ1) is 14.3. The van der Waals surface area contributed by atoms with Crippen molar-refractivity contribution in [2.24, 2.45) is 0 Å². The molecule has 0 radical (unpaired) electrons. The monoisotopic (exact) mass is 268 g/mol. The Labute approximate surface area is 114 Å². The molecule has 1 heterocycles. The highest BCUT2D eigenvalue weighted by Gasteiger charge is 2.25. The second kappa shape index (κ2) is 5.45. The van der Waals surface area contributed by atoms with E-state index in [0.717, 1.165) is 38.8 Å². The normalized spacial score (nSPS) is 18.1. The number of nitrogens with zero attached hydrogens (tertiary/aromatic N) is 2. The topological polar surface area (TPSA) is 6.48 Å². The molecule has 2 rings (SSSR count). The summed E-state index contributed by atoms with van der Waals surface area (Å²) in [6, 6.07) is 7.30. The van der Waals surface area contributed by atoms with Crippen LogP contribution in [0.1, 0.15) is 26.3 Å². The first-order valence-electron chi connectivity index (χ1n) is 6.85. The minimum Gasteiger partial charge on any atom is -0.369 e. The molecule has 0 aliphatic carbocycles. The van der Waals surface area contributed by atoms with Crippen molar-refractivity contribution in [3.63, 3.8) is 0 Å². The van der Waals surface area contributed by atoms with E-state index in [9.17, 15) is 8.78 Å². The first-order chi connectivity index (χ1) is 8.88. The van der Waals surface area contributed by atoms with Gasteiger partial charge in [-0.3, -0.25) is 4.90 Å². The summed E-state index contributed by atoms with van der Waals surface area (Å²) in [7, 11) is 0. The molecule has 19 heavy (non-hydrogen) atoms. The van der Waals surface area contributed by atoms with Crippen molar-refractivity contribution in [1.82, 2.24) is 4.90 Å². The van der Waals surface area contributed by atoms with Crippen LogP contribution in [-0.2, 0) is 5.92 Å². The van der Waals surface area contributed by atoms with Gasteiger partial charge in [-0.25, -0.2) is 8.78 Å². The Morgan fingerprint density at radius 3 is 2.26 bits per heavy atom. The lowest BCUT2D eigenvalue weighted by molar-refractivity contribution is 0.0175. The number of anilines is 1. The zero-order valence-electron chi connectivity index (χ0n) is 11.9. The third-order valence-electron chi connectivity index (χ3n) is 3.76. The molecule has 0 bridgehead atoms. The van der Waals surface area contributed by atoms with Crippen LogP contribution >= 0.6 is 0 Å². The summed E-state index contributed by atoms with van der Waals surface area (Å²) in [5, 5.41) is 0. The van der Waals surface area contributed by atoms with E-state index in [1.807, 2.05) is 6.07 Å². The molecule has 1 aromatic rings. The van der Waals surface area contributed by atoms with E-state index in [0.29, 0.717) is 6.04 Å². The first-order valence-corrected chi connectivity index (χ1v) is 6.85. The van der Waals surface area contributed by atoms with Gasteiger partial charge in [0.05, 0.1) is 0 Å². The van der Waals surface area contributed by atoms with Crippen molar-refractivity contribution in [2.75, 3.05) is 31.1 Å². The van der Waals surface area contributed by atoms with Gasteiger partial charge in [-0.15, -0.1) is 0 Å². The fraction of sp³-hybridized carbons (Fsp3) is 0.600. The number of piperazine rings is 1. The van der Waals surface area contributed by atoms with Crippen LogP contribution in [-0.4, -0.2) is 37.1 Å². The third-order valence-corrected chi connectivity index (χ3v) is 3.76. The summed E-state index contributed by atoms with van der Waals surface area (Å²) in [5.41, 5.74) is 0.999. The van der Waals surface area contributed by atoms with E-state index in [1.54, 1.807) is 12.1 Å². The molecular formula is C15H22F2N2. The Balaban J connectivity index is 2.08. The van der Waals surface area contributed by atoms with E-state index >= 15 is 0 Å². The minimum atomic E-state index is -2.77. The maximum Gasteiger partial charge on any atom is 0.270 e. The molecule has 0 N–H and O–H groups in total. The van der Waals surface area contributed by atoms with E-state index in [-0.39, 0.29) is 5.56 Å². The van der Waals surface area contributed by atoms with Crippen molar-refractivity contribution in [3.05, 3.63) is 29.8 Å². The molecule has 2 nitrogen and oxygen atoms in total. The highest BCUT2D eigenvalue weighted by atomic mass is 19.3. The van der Waals surface area contributed by atoms with Crippen LogP contribution < -0.4 is 4.90 Å². The van der Waals surface area contributed by atoms with Gasteiger partial charge in [0.15, 0.2) is 0 Å². The number of hydrogen-bond acceptors (Lipinski definition) is 2. The molecule has 0 unspecified atom stereocenters. The molecule has 0 amide bonds. The number of halogens is 2. The zero-order valence-corrected chi connectivity index (χ0v) is 11.9. The van der Waals surface area contributed by atoms with Gasteiger partial charge in [0.1, 0.15) is 0 Å². The highest BCUT2D eigenvalue weighted by Crippen LogP contribution is 2.30. The van der Waals surface area contributed by atoms with Crippen LogP contribution in [0, 0.1) is 0 Å². The van der Waals surface area contributed by atoms with Crippen molar-refractivity contribution < 1.29 is 8.78 Å². The standard InChI is InChI=1S/C15H22F2N2/c1-12(2)18-7-9-19(10-8-18)14-6-4-5-13(11-14)15(3,16)17/h4-6,11-12H,7-10H2,1-3H3. The van der Waals surface area contributed by atoms with E-state index in [4.69, 9.17) is 0 Å². The fourth-order valence-corrected chi connectivity index (χ4v) is 2.47. The van der Waals surface area contributed by atoms with Gasteiger partial charge < -0.3 is 4.90 Å². The van der Waals surface area contributed by atoms with Crippen LogP contribution in [0.15, 0.2) is 24.3 Å². The minimum absolute atomic E-state index is 0.0938. The average Bonchev–Trinajstić information content (AvgIpc) is 2.38. The molecule has 4 heteroatoms. The molecule has 0 aromatic heterocycles. The average molecular weight is 268 g/mol. The van der Waals surface area contributed by atoms with Gasteiger partial charge in [-0.1, -0.05) is 12.1 Å². The van der Waals surface area contributed by atoms with Gasteiger partial charge >= 0.3 is 0 Å². The smallest absolute Gasteiger partial charge is 0.270 e. The number of benzene rings is 1. The highest BCUT2D eigenvalue weighted by molar-refractivity contribution is 5.49. The summed E-state index contributed by atoms with van der Waals surface area (Å²) >= 11 is 0. The maximum absolute atomic E-state index is 13.3. The number of hydrogen-bond donors (Lipinski definition) is 0. The quantitative estimate of drug-likeness (QED) is 0.829.